The molecular weight excluding hydrogens is 434 g/mol. The lowest BCUT2D eigenvalue weighted by Gasteiger charge is -2.24. The Bertz CT molecular complexity index is 658. The second-order valence-electron chi connectivity index (χ2n) is 6.60. The lowest BCUT2D eigenvalue weighted by Crippen LogP contribution is -2.59. The van der Waals surface area contributed by atoms with E-state index in [0.29, 0.717) is 0 Å². The number of thiol groups is 1. The number of aliphatic hydroxyl groups is 2. The molecule has 0 heterocycles. The summed E-state index contributed by atoms with van der Waals surface area (Å²) in [4.78, 5) is 51.8. The third-order valence-corrected chi connectivity index (χ3v) is 4.38. The second-order valence-corrected chi connectivity index (χ2v) is 6.97. The highest BCUT2D eigenvalue weighted by Gasteiger charge is 2.30. The lowest BCUT2D eigenvalue weighted by molar-refractivity contribution is -0.141. The van der Waals surface area contributed by atoms with Gasteiger partial charge in [-0.05, 0) is 19.8 Å². The number of aliphatic imine (C=N–C) groups is 1. The summed E-state index contributed by atoms with van der Waals surface area (Å²) in [6.07, 6.45) is -0.935. The Balaban J connectivity index is 5.29. The van der Waals surface area contributed by atoms with Gasteiger partial charge in [-0.2, -0.15) is 12.6 Å². The van der Waals surface area contributed by atoms with E-state index in [4.69, 9.17) is 22.3 Å². The van der Waals surface area contributed by atoms with Gasteiger partial charge in [0.1, 0.15) is 24.2 Å². The van der Waals surface area contributed by atoms with Gasteiger partial charge in [0.15, 0.2) is 5.96 Å². The molecular formula is C16H31N7O7S. The molecule has 3 amide bonds. The first-order valence-electron chi connectivity index (χ1n) is 9.29. The van der Waals surface area contributed by atoms with Gasteiger partial charge < -0.3 is 48.5 Å². The van der Waals surface area contributed by atoms with E-state index in [-0.39, 0.29) is 31.1 Å². The van der Waals surface area contributed by atoms with Crippen molar-refractivity contribution in [3.63, 3.8) is 0 Å². The highest BCUT2D eigenvalue weighted by atomic mass is 32.1. The number of carboxylic acids is 1. The lowest BCUT2D eigenvalue weighted by atomic mass is 10.1. The van der Waals surface area contributed by atoms with Crippen LogP contribution in [0.25, 0.3) is 0 Å². The van der Waals surface area contributed by atoms with E-state index < -0.39 is 60.6 Å². The first-order chi connectivity index (χ1) is 14.4. The molecule has 5 unspecified atom stereocenters. The molecule has 0 aliphatic heterocycles. The maximum absolute atomic E-state index is 12.5. The summed E-state index contributed by atoms with van der Waals surface area (Å²) in [7, 11) is 0. The fourth-order valence-electron chi connectivity index (χ4n) is 2.18. The molecule has 0 fully saturated rings. The smallest absolute Gasteiger partial charge is 0.327 e. The van der Waals surface area contributed by atoms with Gasteiger partial charge in [0.2, 0.25) is 17.7 Å². The van der Waals surface area contributed by atoms with Crippen LogP contribution in [0.1, 0.15) is 19.8 Å². The first-order valence-corrected chi connectivity index (χ1v) is 9.92. The van der Waals surface area contributed by atoms with Gasteiger partial charge in [-0.1, -0.05) is 0 Å². The highest BCUT2D eigenvalue weighted by Crippen LogP contribution is 2.02. The van der Waals surface area contributed by atoms with E-state index in [1.807, 2.05) is 0 Å². The van der Waals surface area contributed by atoms with Crippen LogP contribution in [0.2, 0.25) is 0 Å². The molecule has 0 saturated heterocycles. The standard InChI is InChI=1S/C16H31N7O7S/c1-7(25)11(17)14(28)22-9(5-24)13(27)21-8(3-2-4-20-16(18)19)12(26)23-10(6-31)15(29)30/h7-11,24-25,31H,2-6,17H2,1H3,(H,21,27)(H,22,28)(H,23,26)(H,29,30)(H4,18,19,20). The van der Waals surface area contributed by atoms with E-state index >= 15 is 0 Å². The third-order valence-electron chi connectivity index (χ3n) is 4.01. The Hall–Kier alpha value is -2.62. The van der Waals surface area contributed by atoms with Crippen LogP contribution in [0.4, 0.5) is 0 Å². The summed E-state index contributed by atoms with van der Waals surface area (Å²) < 4.78 is 0. The first kappa shape index (κ1) is 28.4. The normalized spacial score (nSPS) is 15.5. The van der Waals surface area contributed by atoms with E-state index in [1.54, 1.807) is 0 Å². The molecule has 0 spiro atoms. The van der Waals surface area contributed by atoms with Gasteiger partial charge in [0.25, 0.3) is 0 Å². The van der Waals surface area contributed by atoms with Crippen LogP contribution in [-0.2, 0) is 19.2 Å². The van der Waals surface area contributed by atoms with Crippen LogP contribution in [0.15, 0.2) is 4.99 Å². The second kappa shape index (κ2) is 14.4. The molecule has 0 aliphatic carbocycles. The number of carbonyl (C=O) groups is 4. The Morgan fingerprint density at radius 3 is 1.97 bits per heavy atom. The largest absolute Gasteiger partial charge is 0.480 e. The maximum Gasteiger partial charge on any atom is 0.327 e. The summed E-state index contributed by atoms with van der Waals surface area (Å²) in [5.41, 5.74) is 15.9. The molecule has 5 atom stereocenters. The van der Waals surface area contributed by atoms with Crippen molar-refractivity contribution in [1.82, 2.24) is 16.0 Å². The van der Waals surface area contributed by atoms with Crippen molar-refractivity contribution in [3.8, 4) is 0 Å². The summed E-state index contributed by atoms with van der Waals surface area (Å²) in [6.45, 7) is 0.594. The molecule has 15 heteroatoms. The molecule has 0 aromatic rings. The van der Waals surface area contributed by atoms with E-state index in [2.05, 4.69) is 33.6 Å². The zero-order chi connectivity index (χ0) is 24.1. The molecule has 0 saturated carbocycles. The van der Waals surface area contributed by atoms with E-state index in [0.717, 1.165) is 0 Å². The van der Waals surface area contributed by atoms with Crippen molar-refractivity contribution >= 4 is 42.3 Å². The van der Waals surface area contributed by atoms with Crippen LogP contribution in [0.3, 0.4) is 0 Å². The minimum atomic E-state index is -1.47. The van der Waals surface area contributed by atoms with Gasteiger partial charge >= 0.3 is 5.97 Å². The number of carboxylic acid groups (broad SMARTS) is 1. The molecule has 0 bridgehead atoms. The number of carbonyl (C=O) groups excluding carboxylic acids is 3. The molecule has 0 aliphatic rings. The average Bonchev–Trinajstić information content (AvgIpc) is 2.70. The van der Waals surface area contributed by atoms with Crippen LogP contribution < -0.4 is 33.2 Å². The number of nitrogens with one attached hydrogen (secondary N) is 3. The fraction of sp³-hybridized carbons (Fsp3) is 0.688. The van der Waals surface area contributed by atoms with Crippen LogP contribution in [0.5, 0.6) is 0 Å². The van der Waals surface area contributed by atoms with Gasteiger partial charge in [-0.3, -0.25) is 19.4 Å². The molecule has 14 nitrogen and oxygen atoms in total. The minimum absolute atomic E-state index is 0.0204. The van der Waals surface area contributed by atoms with Crippen molar-refractivity contribution in [2.24, 2.45) is 22.2 Å². The van der Waals surface area contributed by atoms with Crippen molar-refractivity contribution in [2.45, 2.75) is 50.0 Å². The number of rotatable bonds is 14. The number of guanidine groups is 1. The number of hydrogen-bond acceptors (Lipinski definition) is 9. The van der Waals surface area contributed by atoms with Gasteiger partial charge in [0.05, 0.1) is 12.7 Å². The number of hydrogen-bond donors (Lipinski definition) is 10. The topological polar surface area (TPSA) is 255 Å². The Morgan fingerprint density at radius 1 is 1.00 bits per heavy atom. The molecule has 0 rings (SSSR count). The number of amides is 3. The van der Waals surface area contributed by atoms with Crippen molar-refractivity contribution in [3.05, 3.63) is 0 Å². The molecule has 12 N–H and O–H groups in total. The minimum Gasteiger partial charge on any atom is -0.480 e. The van der Waals surface area contributed by atoms with Crippen LogP contribution >= 0.6 is 12.6 Å². The molecule has 0 aromatic heterocycles. The average molecular weight is 466 g/mol. The number of aliphatic hydroxyl groups excluding tert-OH is 2. The van der Waals surface area contributed by atoms with E-state index in [9.17, 15) is 29.4 Å². The van der Waals surface area contributed by atoms with Gasteiger partial charge in [-0.25, -0.2) is 4.79 Å². The number of nitrogens with zero attached hydrogens (tertiary/aromatic N) is 1. The van der Waals surface area contributed by atoms with Crippen LogP contribution in [0, 0.1) is 0 Å². The Kier molecular flexibility index (Phi) is 13.2. The fourth-order valence-corrected chi connectivity index (χ4v) is 2.43. The van der Waals surface area contributed by atoms with Crippen LogP contribution in [-0.4, -0.2) is 94.1 Å². The Labute approximate surface area is 184 Å². The molecule has 31 heavy (non-hydrogen) atoms. The highest BCUT2D eigenvalue weighted by molar-refractivity contribution is 7.80. The zero-order valence-corrected chi connectivity index (χ0v) is 17.9. The van der Waals surface area contributed by atoms with Gasteiger partial charge in [0, 0.05) is 12.3 Å². The summed E-state index contributed by atoms with van der Waals surface area (Å²) in [5, 5.41) is 34.6. The monoisotopic (exact) mass is 465 g/mol. The quantitative estimate of drug-likeness (QED) is 0.0506. The summed E-state index contributed by atoms with van der Waals surface area (Å²) in [6, 6.07) is -5.33. The summed E-state index contributed by atoms with van der Waals surface area (Å²) in [5.74, 6) is -4.30. The van der Waals surface area contributed by atoms with Crippen molar-refractivity contribution < 1.29 is 34.5 Å². The maximum atomic E-state index is 12.5. The summed E-state index contributed by atoms with van der Waals surface area (Å²) >= 11 is 3.86. The number of nitrogens with two attached hydrogens (primary N) is 3. The molecule has 0 aromatic carbocycles. The Morgan fingerprint density at radius 2 is 1.52 bits per heavy atom. The third kappa shape index (κ3) is 10.8. The van der Waals surface area contributed by atoms with Gasteiger partial charge in [-0.15, -0.1) is 0 Å². The number of aliphatic carboxylic acids is 1. The zero-order valence-electron chi connectivity index (χ0n) is 17.0. The van der Waals surface area contributed by atoms with Crippen molar-refractivity contribution in [2.75, 3.05) is 18.9 Å². The van der Waals surface area contributed by atoms with E-state index in [1.165, 1.54) is 6.92 Å². The predicted molar refractivity (Wildman–Crippen MR) is 114 cm³/mol. The predicted octanol–water partition coefficient (Wildman–Crippen LogP) is -4.79. The van der Waals surface area contributed by atoms with Crippen molar-refractivity contribution in [1.29, 1.82) is 0 Å². The molecule has 178 valence electrons. The SMILES string of the molecule is CC(O)C(N)C(=O)NC(CO)C(=O)NC(CCCN=C(N)N)C(=O)NC(CS)C(=O)O. The molecule has 0 radical (unpaired) electrons.